The van der Waals surface area contributed by atoms with Crippen LogP contribution in [-0.4, -0.2) is 43.7 Å². The molecule has 0 radical (unpaired) electrons. The van der Waals surface area contributed by atoms with E-state index in [4.69, 9.17) is 4.74 Å². The summed E-state index contributed by atoms with van der Waals surface area (Å²) in [5, 5.41) is 3.36. The van der Waals surface area contributed by atoms with Crippen LogP contribution in [0.3, 0.4) is 0 Å². The van der Waals surface area contributed by atoms with Crippen LogP contribution in [0.5, 0.6) is 0 Å². The van der Waals surface area contributed by atoms with Crippen LogP contribution in [0.25, 0.3) is 0 Å². The van der Waals surface area contributed by atoms with Crippen molar-refractivity contribution >= 4 is 5.91 Å². The minimum atomic E-state index is 0.289. The summed E-state index contributed by atoms with van der Waals surface area (Å²) >= 11 is 0. The molecule has 0 bridgehead atoms. The number of nitrogens with zero attached hydrogens (tertiary/aromatic N) is 1. The zero-order valence-electron chi connectivity index (χ0n) is 13.1. The van der Waals surface area contributed by atoms with E-state index in [1.165, 1.54) is 11.1 Å². The van der Waals surface area contributed by atoms with Crippen LogP contribution in [-0.2, 0) is 16.1 Å². The molecular formula is C17H26N2O2. The van der Waals surface area contributed by atoms with Crippen molar-refractivity contribution in [2.75, 3.05) is 26.8 Å². The van der Waals surface area contributed by atoms with Crippen molar-refractivity contribution in [2.24, 2.45) is 0 Å². The van der Waals surface area contributed by atoms with Gasteiger partial charge in [-0.3, -0.25) is 4.79 Å². The molecule has 0 saturated carbocycles. The lowest BCUT2D eigenvalue weighted by Gasteiger charge is -2.25. The lowest BCUT2D eigenvalue weighted by Crippen LogP contribution is -2.35. The average Bonchev–Trinajstić information content (AvgIpc) is 2.82. The molecule has 0 aromatic heterocycles. The van der Waals surface area contributed by atoms with Crippen LogP contribution < -0.4 is 5.32 Å². The summed E-state index contributed by atoms with van der Waals surface area (Å²) in [6, 6.07) is 8.83. The van der Waals surface area contributed by atoms with Gasteiger partial charge in [0.15, 0.2) is 0 Å². The van der Waals surface area contributed by atoms with Gasteiger partial charge in [0, 0.05) is 32.7 Å². The monoisotopic (exact) mass is 290 g/mol. The second-order valence-corrected chi connectivity index (χ2v) is 5.73. The number of hydrogen-bond donors (Lipinski definition) is 1. The fraction of sp³-hybridized carbons (Fsp3) is 0.588. The summed E-state index contributed by atoms with van der Waals surface area (Å²) in [7, 11) is 1.71. The molecule has 1 amide bonds. The Morgan fingerprint density at radius 2 is 2.05 bits per heavy atom. The van der Waals surface area contributed by atoms with E-state index in [2.05, 4.69) is 36.5 Å². The molecule has 1 aromatic carbocycles. The second kappa shape index (κ2) is 8.15. The number of benzene rings is 1. The highest BCUT2D eigenvalue weighted by Crippen LogP contribution is 2.23. The van der Waals surface area contributed by atoms with Gasteiger partial charge in [-0.05, 0) is 31.9 Å². The number of rotatable bonds is 8. The number of amides is 1. The molecule has 0 aliphatic carbocycles. The van der Waals surface area contributed by atoms with Gasteiger partial charge in [0.05, 0.1) is 6.61 Å². The fourth-order valence-electron chi connectivity index (χ4n) is 2.77. The Labute approximate surface area is 127 Å². The summed E-state index contributed by atoms with van der Waals surface area (Å²) in [5.41, 5.74) is 2.47. The van der Waals surface area contributed by atoms with Gasteiger partial charge < -0.3 is 15.0 Å². The number of methoxy groups -OCH3 is 1. The molecule has 4 heteroatoms. The molecule has 1 unspecified atom stereocenters. The number of ether oxygens (including phenoxy) is 1. The Kier molecular flexibility index (Phi) is 6.21. The summed E-state index contributed by atoms with van der Waals surface area (Å²) < 4.78 is 5.01. The first-order chi connectivity index (χ1) is 10.2. The average molecular weight is 290 g/mol. The molecule has 116 valence electrons. The Bertz CT molecular complexity index is 445. The number of carbonyl (C=O) groups is 1. The van der Waals surface area contributed by atoms with Gasteiger partial charge in [-0.15, -0.1) is 0 Å². The number of carbonyl (C=O) groups excluding carboxylic acids is 1. The van der Waals surface area contributed by atoms with E-state index in [-0.39, 0.29) is 5.91 Å². The van der Waals surface area contributed by atoms with Crippen molar-refractivity contribution in [3.05, 3.63) is 35.4 Å². The normalized spacial score (nSPS) is 18.5. The lowest BCUT2D eigenvalue weighted by atomic mass is 10.1. The SMILES string of the molecule is COCCNCCC1CCC(=O)N1Cc1ccc(C)cc1. The summed E-state index contributed by atoms with van der Waals surface area (Å²) in [4.78, 5) is 14.1. The molecule has 0 spiro atoms. The maximum atomic E-state index is 12.1. The van der Waals surface area contributed by atoms with Crippen molar-refractivity contribution < 1.29 is 9.53 Å². The highest BCUT2D eigenvalue weighted by atomic mass is 16.5. The van der Waals surface area contributed by atoms with Crippen LogP contribution in [0.2, 0.25) is 0 Å². The third kappa shape index (κ3) is 4.83. The maximum absolute atomic E-state index is 12.1. The van der Waals surface area contributed by atoms with Gasteiger partial charge in [-0.2, -0.15) is 0 Å². The zero-order chi connectivity index (χ0) is 15.1. The minimum Gasteiger partial charge on any atom is -0.383 e. The van der Waals surface area contributed by atoms with E-state index in [1.54, 1.807) is 7.11 Å². The molecule has 21 heavy (non-hydrogen) atoms. The molecule has 1 aliphatic rings. The molecule has 1 fully saturated rings. The van der Waals surface area contributed by atoms with Crippen LogP contribution in [0.15, 0.2) is 24.3 Å². The molecule has 1 atom stereocenters. The van der Waals surface area contributed by atoms with Gasteiger partial charge in [0.2, 0.25) is 5.91 Å². The van der Waals surface area contributed by atoms with E-state index in [0.717, 1.165) is 39.1 Å². The van der Waals surface area contributed by atoms with E-state index < -0.39 is 0 Å². The fourth-order valence-corrected chi connectivity index (χ4v) is 2.77. The molecule has 2 rings (SSSR count). The van der Waals surface area contributed by atoms with Crippen molar-refractivity contribution in [2.45, 2.75) is 38.8 Å². The highest BCUT2D eigenvalue weighted by Gasteiger charge is 2.30. The van der Waals surface area contributed by atoms with Gasteiger partial charge in [-0.1, -0.05) is 29.8 Å². The van der Waals surface area contributed by atoms with Crippen molar-refractivity contribution in [3.8, 4) is 0 Å². The number of nitrogens with one attached hydrogen (secondary N) is 1. The van der Waals surface area contributed by atoms with Crippen molar-refractivity contribution in [1.82, 2.24) is 10.2 Å². The van der Waals surface area contributed by atoms with Crippen LogP contribution in [0.1, 0.15) is 30.4 Å². The largest absolute Gasteiger partial charge is 0.383 e. The topological polar surface area (TPSA) is 41.6 Å². The Morgan fingerprint density at radius 1 is 1.29 bits per heavy atom. The minimum absolute atomic E-state index is 0.289. The smallest absolute Gasteiger partial charge is 0.223 e. The zero-order valence-corrected chi connectivity index (χ0v) is 13.1. The molecule has 1 N–H and O–H groups in total. The van der Waals surface area contributed by atoms with E-state index in [9.17, 15) is 4.79 Å². The van der Waals surface area contributed by atoms with Crippen LogP contribution in [0.4, 0.5) is 0 Å². The van der Waals surface area contributed by atoms with Crippen LogP contribution in [0, 0.1) is 6.92 Å². The quantitative estimate of drug-likeness (QED) is 0.746. The Morgan fingerprint density at radius 3 is 2.76 bits per heavy atom. The third-order valence-corrected chi connectivity index (χ3v) is 4.06. The predicted octanol–water partition coefficient (Wildman–Crippen LogP) is 2.11. The maximum Gasteiger partial charge on any atom is 0.223 e. The summed E-state index contributed by atoms with van der Waals surface area (Å²) in [5.74, 6) is 0.289. The molecule has 4 nitrogen and oxygen atoms in total. The number of likely N-dealkylation sites (tertiary alicyclic amines) is 1. The summed E-state index contributed by atoms with van der Waals surface area (Å²) in [6.07, 6.45) is 2.69. The van der Waals surface area contributed by atoms with Crippen molar-refractivity contribution in [1.29, 1.82) is 0 Å². The Hall–Kier alpha value is -1.39. The van der Waals surface area contributed by atoms with E-state index >= 15 is 0 Å². The first-order valence-corrected chi connectivity index (χ1v) is 7.75. The molecule has 1 heterocycles. The number of aryl methyl sites for hydroxylation is 1. The van der Waals surface area contributed by atoms with E-state index in [0.29, 0.717) is 12.5 Å². The number of hydrogen-bond acceptors (Lipinski definition) is 3. The Balaban J connectivity index is 1.83. The lowest BCUT2D eigenvalue weighted by molar-refractivity contribution is -0.129. The standard InChI is InChI=1S/C17H26N2O2/c1-14-3-5-15(6-4-14)13-19-16(7-8-17(19)20)9-10-18-11-12-21-2/h3-6,16,18H,7-13H2,1-2H3. The molecular weight excluding hydrogens is 264 g/mol. The third-order valence-electron chi connectivity index (χ3n) is 4.06. The van der Waals surface area contributed by atoms with Gasteiger partial charge in [0.1, 0.15) is 0 Å². The summed E-state index contributed by atoms with van der Waals surface area (Å²) in [6.45, 7) is 5.36. The van der Waals surface area contributed by atoms with Crippen molar-refractivity contribution in [3.63, 3.8) is 0 Å². The predicted molar refractivity (Wildman–Crippen MR) is 84.1 cm³/mol. The van der Waals surface area contributed by atoms with Gasteiger partial charge >= 0.3 is 0 Å². The first kappa shape index (κ1) is 16.0. The second-order valence-electron chi connectivity index (χ2n) is 5.73. The highest BCUT2D eigenvalue weighted by molar-refractivity contribution is 5.78. The molecule has 1 aromatic rings. The molecule has 1 aliphatic heterocycles. The molecule has 1 saturated heterocycles. The van der Waals surface area contributed by atoms with Crippen LogP contribution >= 0.6 is 0 Å². The van der Waals surface area contributed by atoms with E-state index in [1.807, 2.05) is 4.90 Å². The van der Waals surface area contributed by atoms with Gasteiger partial charge in [0.25, 0.3) is 0 Å². The first-order valence-electron chi connectivity index (χ1n) is 7.75. The van der Waals surface area contributed by atoms with Gasteiger partial charge in [-0.25, -0.2) is 0 Å².